The fraction of sp³-hybridized carbons (Fsp3) is 0.989. The number of aliphatic hydroxyl groups excluding tert-OH is 27. The van der Waals surface area contributed by atoms with Crippen molar-refractivity contribution in [1.29, 1.82) is 0 Å². The van der Waals surface area contributed by atoms with Crippen molar-refractivity contribution in [2.45, 2.75) is 445 Å². The monoisotopic (exact) mass is 1890 g/mol. The van der Waals surface area contributed by atoms with Crippen LogP contribution < -0.4 is 16.8 Å². The molecule has 0 aromatic heterocycles. The second-order valence-electron chi connectivity index (χ2n) is 43.4. The van der Waals surface area contributed by atoms with Crippen LogP contribution in [0.15, 0.2) is 0 Å². The standard InChI is InChI=1S/C12H23NO5.C11H22O4.C10H19FO4.2C10H21NO4.C10H20O5.2C9H18O4.C5H10O3.C2H6/c1-6(15)13-8-10(17)9(16)7(5-14)18-11(8)12(2,3)4;1-6-8(13)9(14)7(5-12)15-10(6)11(2,3)4;3*1-10(2,3)9-6(11)8(14)7(13)5(4-12)15-9;1-10(2,3)9-8(14)7(13)6(12)5(4-11)15-9;2*1-9(2,3)8-7(12)6(11)5(10)4-13-8;1-3-5(7)4(6)2-8-3;1-2/h7-11,14,16-17H,5H2,1-4H3,(H,13,15);6-10,12-14H,5H2,1-4H3;5-9,12-14H,4H2,1-3H3;2*5-9,12-14H,4,11H2,1-3H3;5-9,11-14H,4H2,1-3H3;2*5-8,10-12H,4H2,1-3H3;3-7H,2H2,1H3;1-2H3/t7?,8?,9-,10-,11-;6?,7?,8-,9-,10+;5?,6?,7-,8-,9-;5?,6?,7-,8-,9+;5?,6?,7-,8-,9-;5?,6-,7+,8?,9-;2*5-,6+,7?,8-;3-,4+,5+;/m111111110./s1. The number of nitrogens with one attached hydrogen (secondary N) is 1. The summed E-state index contributed by atoms with van der Waals surface area (Å²) in [5.41, 5.74) is 9.32. The average Bonchev–Trinajstić information content (AvgIpc) is 0.795. The van der Waals surface area contributed by atoms with Crippen LogP contribution in [0.25, 0.3) is 0 Å². The number of rotatable bonds is 7. The molecule has 0 aromatic rings. The molecule has 40 nitrogen and oxygen atoms in total. The summed E-state index contributed by atoms with van der Waals surface area (Å²) >= 11 is 0. The normalized spacial score (nSPS) is 41.7. The van der Waals surface area contributed by atoms with Crippen LogP contribution in [0.4, 0.5) is 4.39 Å². The highest BCUT2D eigenvalue weighted by molar-refractivity contribution is 5.73. The molecular weight excluding hydrogens is 1710 g/mol. The first-order valence-electron chi connectivity index (χ1n) is 44.7. The van der Waals surface area contributed by atoms with Crippen LogP contribution in [0, 0.1) is 49.2 Å². The second kappa shape index (κ2) is 53.9. The maximum Gasteiger partial charge on any atom is 0.217 e. The maximum absolute atomic E-state index is 13.7. The molecule has 9 fully saturated rings. The van der Waals surface area contributed by atoms with Crippen molar-refractivity contribution in [2.24, 2.45) is 60.7 Å². The first-order valence-corrected chi connectivity index (χ1v) is 44.7. The Kier molecular flexibility index (Phi) is 53.0. The van der Waals surface area contributed by atoms with Gasteiger partial charge in [0.05, 0.1) is 139 Å². The van der Waals surface area contributed by atoms with Crippen LogP contribution in [0.2, 0.25) is 0 Å². The zero-order chi connectivity index (χ0) is 102. The Morgan fingerprint density at radius 1 is 0.287 bits per heavy atom. The summed E-state index contributed by atoms with van der Waals surface area (Å²) in [7, 11) is 0. The van der Waals surface area contributed by atoms with Crippen molar-refractivity contribution < 1.29 is 190 Å². The van der Waals surface area contributed by atoms with Gasteiger partial charge in [-0.3, -0.25) is 4.79 Å². The van der Waals surface area contributed by atoms with E-state index < -0.39 is 232 Å². The third-order valence-electron chi connectivity index (χ3n) is 23.5. The minimum atomic E-state index is -1.64. The van der Waals surface area contributed by atoms with E-state index >= 15 is 0 Å². The predicted octanol–water partition coefficient (Wildman–Crippen LogP) is -5.24. The molecule has 0 aliphatic carbocycles. The number of alkyl halides is 1. The van der Waals surface area contributed by atoms with Gasteiger partial charge in [-0.2, -0.15) is 0 Å². The largest absolute Gasteiger partial charge is 0.394 e. The Hall–Kier alpha value is -2.12. The number of hydrogen-bond donors (Lipinski definition) is 30. The molecule has 41 heteroatoms. The number of nitrogens with two attached hydrogens (primary N) is 2. The lowest BCUT2D eigenvalue weighted by molar-refractivity contribution is -0.250. The maximum atomic E-state index is 13.7. The number of carbonyl (C=O) groups is 1. The summed E-state index contributed by atoms with van der Waals surface area (Å²) in [5, 5.41) is 257. The van der Waals surface area contributed by atoms with E-state index in [-0.39, 0.29) is 127 Å². The molecule has 774 valence electrons. The van der Waals surface area contributed by atoms with Crippen molar-refractivity contribution in [3.05, 3.63) is 0 Å². The number of ether oxygens (including phenoxy) is 9. The molecule has 41 atom stereocenters. The van der Waals surface area contributed by atoms with E-state index in [1.165, 1.54) is 6.92 Å². The smallest absolute Gasteiger partial charge is 0.217 e. The first-order chi connectivity index (χ1) is 58.5. The minimum absolute atomic E-state index is 0.0835. The number of amides is 1. The minimum Gasteiger partial charge on any atom is -0.394 e. The Balaban J connectivity index is 0.00000143. The molecule has 0 radical (unpaired) electrons. The van der Waals surface area contributed by atoms with E-state index in [0.717, 1.165) is 0 Å². The number of hydrogen-bond acceptors (Lipinski definition) is 39. The van der Waals surface area contributed by atoms with Crippen LogP contribution in [0.1, 0.15) is 201 Å². The van der Waals surface area contributed by atoms with Crippen molar-refractivity contribution in [1.82, 2.24) is 5.32 Å². The van der Waals surface area contributed by atoms with E-state index in [1.54, 1.807) is 27.7 Å². The van der Waals surface area contributed by atoms with Gasteiger partial charge in [0.1, 0.15) is 159 Å². The fourth-order valence-electron chi connectivity index (χ4n) is 15.8. The topological polar surface area (TPSA) is 710 Å². The zero-order valence-corrected chi connectivity index (χ0v) is 81.7. The fourth-order valence-corrected chi connectivity index (χ4v) is 15.8. The summed E-state index contributed by atoms with van der Waals surface area (Å²) in [4.78, 5) is 11.2. The van der Waals surface area contributed by atoms with Crippen molar-refractivity contribution in [2.75, 3.05) is 59.5 Å². The average molecular weight is 1890 g/mol. The molecule has 0 saturated carbocycles. The van der Waals surface area contributed by atoms with E-state index in [9.17, 15) is 106 Å². The number of aliphatic hydroxyl groups is 27. The van der Waals surface area contributed by atoms with Gasteiger partial charge in [-0.05, 0) is 50.2 Å². The highest BCUT2D eigenvalue weighted by Crippen LogP contribution is 2.41. The van der Waals surface area contributed by atoms with Gasteiger partial charge in [-0.15, -0.1) is 0 Å². The van der Waals surface area contributed by atoms with Crippen LogP contribution in [-0.2, 0) is 47.4 Å². The Morgan fingerprint density at radius 2 is 0.519 bits per heavy atom. The van der Waals surface area contributed by atoms with E-state index in [1.807, 2.05) is 166 Å². The van der Waals surface area contributed by atoms with Crippen LogP contribution in [0.5, 0.6) is 0 Å². The quantitative estimate of drug-likeness (QED) is 0.113. The highest BCUT2D eigenvalue weighted by atomic mass is 19.1. The summed E-state index contributed by atoms with van der Waals surface area (Å²) in [6.45, 7) is 53.2. The van der Waals surface area contributed by atoms with Gasteiger partial charge >= 0.3 is 0 Å². The van der Waals surface area contributed by atoms with Crippen LogP contribution in [-0.4, -0.2) is 447 Å². The molecular formula is C88H178FN3O37. The van der Waals surface area contributed by atoms with Gasteiger partial charge < -0.3 is 197 Å². The van der Waals surface area contributed by atoms with Crippen LogP contribution in [0.3, 0.4) is 0 Å². The molecule has 9 saturated heterocycles. The van der Waals surface area contributed by atoms with Crippen LogP contribution >= 0.6 is 0 Å². The molecule has 129 heavy (non-hydrogen) atoms. The SMILES string of the molecule is CC.CC(=O)NC1[C@@H](O)[C@H](O)C(CO)O[C@H]1C(C)(C)C.CC(C)(C)[C@@H]1OC(CO)[C@@H](O)[C@H](O)C1F.CC(C)(C)[C@@H]1OC(CO)[C@@H](O)[C@H](O)C1N.CC(C)(C)[C@@H]1OC(CO)[C@@H](O)[C@H](O)C1O.CC(C)(C)[C@@H]1OC[C@@H](O)[C@H](O)C1O.CC(C)(C)[C@@H]1OC[C@@H](O)[C@H](O)C1O.CC(C)(C)[C@H]1OC(CO)[C@@H](O)[C@H](O)C1N.CC1[C@@H](O)[C@H](O)C(CO)O[C@@H]1C(C)(C)C.C[C@@H]1OC[C@@H](O)[C@@H]1O. The van der Waals surface area contributed by atoms with Crippen molar-refractivity contribution in [3.8, 4) is 0 Å². The Morgan fingerprint density at radius 3 is 0.783 bits per heavy atom. The van der Waals surface area contributed by atoms with Gasteiger partial charge in [-0.25, -0.2) is 4.39 Å². The third kappa shape index (κ3) is 36.9. The van der Waals surface area contributed by atoms with Gasteiger partial charge in [0.2, 0.25) is 5.91 Å². The molecule has 9 aliphatic rings. The highest BCUT2D eigenvalue weighted by Gasteiger charge is 2.55. The van der Waals surface area contributed by atoms with Crippen molar-refractivity contribution >= 4 is 5.91 Å². The molecule has 0 aromatic carbocycles. The summed E-state index contributed by atoms with van der Waals surface area (Å²) < 4.78 is 62.0. The lowest BCUT2D eigenvalue weighted by Gasteiger charge is -2.47. The van der Waals surface area contributed by atoms with E-state index in [0.29, 0.717) is 0 Å². The lowest BCUT2D eigenvalue weighted by Crippen LogP contribution is -2.66. The predicted molar refractivity (Wildman–Crippen MR) is 470 cm³/mol. The molecule has 32 N–H and O–H groups in total. The Labute approximate surface area is 763 Å². The van der Waals surface area contributed by atoms with Gasteiger partial charge in [0.15, 0.2) is 6.17 Å². The summed E-state index contributed by atoms with van der Waals surface area (Å²) in [6.07, 6.45) is -33.0. The molecule has 0 bridgehead atoms. The molecule has 9 aliphatic heterocycles. The van der Waals surface area contributed by atoms with Gasteiger partial charge in [0, 0.05) is 12.8 Å². The molecule has 0 spiro atoms. The molecule has 9 rings (SSSR count). The number of halogens is 1. The summed E-state index contributed by atoms with van der Waals surface area (Å²) in [5.74, 6) is -0.436. The lowest BCUT2D eigenvalue weighted by atomic mass is 9.76. The first kappa shape index (κ1) is 127. The zero-order valence-electron chi connectivity index (χ0n) is 81.7. The molecule has 9 heterocycles. The van der Waals surface area contributed by atoms with E-state index in [2.05, 4.69) is 5.32 Å². The number of carbonyl (C=O) groups excluding carboxylic acids is 1. The van der Waals surface area contributed by atoms with E-state index in [4.69, 9.17) is 95.0 Å². The Bertz CT molecular complexity index is 2720. The third-order valence-corrected chi connectivity index (χ3v) is 23.5. The molecule has 1 amide bonds. The van der Waals surface area contributed by atoms with Gasteiger partial charge in [-0.1, -0.05) is 187 Å². The second-order valence-corrected chi connectivity index (χ2v) is 43.4. The summed E-state index contributed by atoms with van der Waals surface area (Å²) in [6, 6.07) is -1.97. The van der Waals surface area contributed by atoms with Crippen molar-refractivity contribution in [3.63, 3.8) is 0 Å². The van der Waals surface area contributed by atoms with Gasteiger partial charge in [0.25, 0.3) is 0 Å². The molecule has 14 unspecified atom stereocenters.